The third kappa shape index (κ3) is 3.57. The first kappa shape index (κ1) is 17.6. The molecule has 2 aromatic rings. The number of rotatable bonds is 3. The summed E-state index contributed by atoms with van der Waals surface area (Å²) < 4.78 is 39.0. The van der Waals surface area contributed by atoms with Crippen LogP contribution in [-0.4, -0.2) is 26.0 Å². The zero-order valence-corrected chi connectivity index (χ0v) is 15.1. The summed E-state index contributed by atoms with van der Waals surface area (Å²) in [4.78, 5) is 24.2. The van der Waals surface area contributed by atoms with Crippen LogP contribution < -0.4 is 9.62 Å². The van der Waals surface area contributed by atoms with Crippen LogP contribution in [0.15, 0.2) is 46.9 Å². The molecule has 2 amide bonds. The normalized spacial score (nSPS) is 16.1. The van der Waals surface area contributed by atoms with Crippen molar-refractivity contribution in [1.82, 2.24) is 0 Å². The van der Waals surface area contributed by atoms with E-state index in [2.05, 4.69) is 21.2 Å². The van der Waals surface area contributed by atoms with Crippen LogP contribution in [0.2, 0.25) is 0 Å². The molecule has 0 spiro atoms. The molecule has 2 aromatic carbocycles. The Morgan fingerprint density at radius 1 is 1.20 bits per heavy atom. The third-order valence-electron chi connectivity index (χ3n) is 3.60. The quantitative estimate of drug-likeness (QED) is 0.817. The fraction of sp³-hybridized carbons (Fsp3) is 0.125. The van der Waals surface area contributed by atoms with Crippen LogP contribution >= 0.6 is 15.9 Å². The van der Waals surface area contributed by atoms with E-state index in [1.807, 2.05) is 0 Å². The molecule has 1 N–H and O–H groups in total. The monoisotopic (exact) mass is 426 g/mol. The first-order chi connectivity index (χ1) is 11.8. The van der Waals surface area contributed by atoms with E-state index in [-0.39, 0.29) is 29.1 Å². The van der Waals surface area contributed by atoms with Crippen molar-refractivity contribution >= 4 is 49.1 Å². The zero-order chi connectivity index (χ0) is 18.2. The van der Waals surface area contributed by atoms with E-state index in [9.17, 15) is 22.4 Å². The Hall–Kier alpha value is -2.26. The van der Waals surface area contributed by atoms with Crippen LogP contribution in [0.25, 0.3) is 0 Å². The second-order valence-corrected chi connectivity index (χ2v) is 8.21. The topological polar surface area (TPSA) is 83.6 Å². The summed E-state index contributed by atoms with van der Waals surface area (Å²) in [6, 6.07) is 9.80. The molecule has 0 aromatic heterocycles. The maximum Gasteiger partial charge on any atom is 0.255 e. The fourth-order valence-corrected chi connectivity index (χ4v) is 4.21. The number of anilines is 2. The molecule has 1 aliphatic rings. The van der Waals surface area contributed by atoms with Crippen molar-refractivity contribution in [2.24, 2.45) is 0 Å². The highest BCUT2D eigenvalue weighted by Crippen LogP contribution is 2.26. The van der Waals surface area contributed by atoms with Gasteiger partial charge in [-0.1, -0.05) is 22.0 Å². The van der Waals surface area contributed by atoms with Gasteiger partial charge in [0.2, 0.25) is 15.9 Å². The summed E-state index contributed by atoms with van der Waals surface area (Å²) in [6.45, 7) is 0. The maximum absolute atomic E-state index is 13.8. The lowest BCUT2D eigenvalue weighted by Gasteiger charge is -2.16. The molecule has 25 heavy (non-hydrogen) atoms. The molecule has 0 aliphatic carbocycles. The molecule has 0 atom stereocenters. The molecule has 1 heterocycles. The van der Waals surface area contributed by atoms with Crippen LogP contribution in [0.5, 0.6) is 0 Å². The van der Waals surface area contributed by atoms with E-state index in [0.29, 0.717) is 8.78 Å². The number of nitrogens with zero attached hydrogens (tertiary/aromatic N) is 1. The van der Waals surface area contributed by atoms with Crippen molar-refractivity contribution in [2.75, 3.05) is 15.4 Å². The highest BCUT2D eigenvalue weighted by Gasteiger charge is 2.36. The number of hydrogen-bond donors (Lipinski definition) is 1. The van der Waals surface area contributed by atoms with Crippen molar-refractivity contribution in [3.8, 4) is 0 Å². The molecular weight excluding hydrogens is 415 g/mol. The van der Waals surface area contributed by atoms with E-state index in [4.69, 9.17) is 0 Å². The summed E-state index contributed by atoms with van der Waals surface area (Å²) in [5.74, 6) is -2.04. The fourth-order valence-electron chi connectivity index (χ4n) is 2.43. The summed E-state index contributed by atoms with van der Waals surface area (Å²) in [6.07, 6.45) is -0.0944. The minimum atomic E-state index is -3.72. The molecule has 0 unspecified atom stereocenters. The number of carbonyl (C=O) groups excluding carboxylic acids is 2. The Morgan fingerprint density at radius 3 is 2.60 bits per heavy atom. The van der Waals surface area contributed by atoms with Gasteiger partial charge in [0.15, 0.2) is 0 Å². The van der Waals surface area contributed by atoms with Crippen molar-refractivity contribution in [1.29, 1.82) is 0 Å². The number of nitrogens with one attached hydrogen (secondary N) is 1. The first-order valence-electron chi connectivity index (χ1n) is 7.20. The average molecular weight is 427 g/mol. The zero-order valence-electron chi connectivity index (χ0n) is 12.7. The van der Waals surface area contributed by atoms with Gasteiger partial charge in [0.25, 0.3) is 5.91 Å². The highest BCUT2D eigenvalue weighted by molar-refractivity contribution is 9.10. The predicted molar refractivity (Wildman–Crippen MR) is 94.4 cm³/mol. The Morgan fingerprint density at radius 2 is 1.96 bits per heavy atom. The second-order valence-electron chi connectivity index (χ2n) is 5.35. The SMILES string of the molecule is O=C(Nc1ccc(Br)cc1F)c1cccc(N2C(=O)CCS2(=O)=O)c1. The van der Waals surface area contributed by atoms with Crippen molar-refractivity contribution in [2.45, 2.75) is 6.42 Å². The van der Waals surface area contributed by atoms with Crippen LogP contribution in [-0.2, 0) is 14.8 Å². The van der Waals surface area contributed by atoms with Crippen molar-refractivity contribution in [3.63, 3.8) is 0 Å². The molecule has 9 heteroatoms. The maximum atomic E-state index is 13.8. The Bertz CT molecular complexity index is 978. The van der Waals surface area contributed by atoms with Gasteiger partial charge in [0.1, 0.15) is 5.82 Å². The number of carbonyl (C=O) groups is 2. The average Bonchev–Trinajstić information content (AvgIpc) is 2.83. The van der Waals surface area contributed by atoms with Gasteiger partial charge in [-0.05, 0) is 36.4 Å². The summed E-state index contributed by atoms with van der Waals surface area (Å²) in [5, 5.41) is 2.42. The molecule has 130 valence electrons. The van der Waals surface area contributed by atoms with Gasteiger partial charge in [-0.3, -0.25) is 9.59 Å². The Kier molecular flexibility index (Phi) is 4.61. The van der Waals surface area contributed by atoms with Gasteiger partial charge in [-0.2, -0.15) is 0 Å². The second kappa shape index (κ2) is 6.57. The van der Waals surface area contributed by atoms with Crippen molar-refractivity contribution < 1.29 is 22.4 Å². The molecule has 6 nitrogen and oxygen atoms in total. The summed E-state index contributed by atoms with van der Waals surface area (Å²) >= 11 is 3.12. The van der Waals surface area contributed by atoms with E-state index in [1.165, 1.54) is 36.4 Å². The van der Waals surface area contributed by atoms with Crippen LogP contribution in [0.1, 0.15) is 16.8 Å². The minimum absolute atomic E-state index is 0.0107. The third-order valence-corrected chi connectivity index (χ3v) is 5.78. The van der Waals surface area contributed by atoms with E-state index in [0.717, 1.165) is 0 Å². The van der Waals surface area contributed by atoms with Gasteiger partial charge in [0, 0.05) is 16.5 Å². The number of benzene rings is 2. The smallest absolute Gasteiger partial charge is 0.255 e. The van der Waals surface area contributed by atoms with Gasteiger partial charge in [-0.15, -0.1) is 0 Å². The number of sulfonamides is 1. The van der Waals surface area contributed by atoms with Gasteiger partial charge in [-0.25, -0.2) is 17.1 Å². The molecule has 1 aliphatic heterocycles. The molecule has 0 radical (unpaired) electrons. The predicted octanol–water partition coefficient (Wildman–Crippen LogP) is 2.91. The van der Waals surface area contributed by atoms with Gasteiger partial charge in [0.05, 0.1) is 17.1 Å². The van der Waals surface area contributed by atoms with E-state index >= 15 is 0 Å². The first-order valence-corrected chi connectivity index (χ1v) is 9.60. The minimum Gasteiger partial charge on any atom is -0.319 e. The Balaban J connectivity index is 1.89. The lowest BCUT2D eigenvalue weighted by molar-refractivity contribution is -0.116. The number of amides is 2. The van der Waals surface area contributed by atoms with Crippen molar-refractivity contribution in [3.05, 3.63) is 58.3 Å². The largest absolute Gasteiger partial charge is 0.319 e. The number of hydrogen-bond acceptors (Lipinski definition) is 4. The van der Waals surface area contributed by atoms with E-state index in [1.54, 1.807) is 6.07 Å². The van der Waals surface area contributed by atoms with E-state index < -0.39 is 27.7 Å². The summed E-state index contributed by atoms with van der Waals surface area (Å²) in [7, 11) is -3.72. The molecule has 0 saturated carbocycles. The lowest BCUT2D eigenvalue weighted by atomic mass is 10.1. The molecular formula is C16H12BrFN2O4S. The van der Waals surface area contributed by atoms with Crippen LogP contribution in [0.4, 0.5) is 15.8 Å². The van der Waals surface area contributed by atoms with Crippen LogP contribution in [0, 0.1) is 5.82 Å². The molecule has 0 bridgehead atoms. The molecule has 1 saturated heterocycles. The van der Waals surface area contributed by atoms with Gasteiger partial charge < -0.3 is 5.32 Å². The highest BCUT2D eigenvalue weighted by atomic mass is 79.9. The lowest BCUT2D eigenvalue weighted by Crippen LogP contribution is -2.29. The molecule has 1 fully saturated rings. The Labute approximate surface area is 151 Å². The number of halogens is 2. The summed E-state index contributed by atoms with van der Waals surface area (Å²) in [5.41, 5.74) is 0.185. The molecule has 3 rings (SSSR count). The van der Waals surface area contributed by atoms with Crippen LogP contribution in [0.3, 0.4) is 0 Å². The van der Waals surface area contributed by atoms with Gasteiger partial charge >= 0.3 is 0 Å². The standard InChI is InChI=1S/C16H12BrFN2O4S/c17-11-4-5-14(13(18)9-11)19-16(22)10-2-1-3-12(8-10)20-15(21)6-7-25(20,23)24/h1-5,8-9H,6-7H2,(H,19,22).